The summed E-state index contributed by atoms with van der Waals surface area (Å²) < 4.78 is 27.1. The first-order valence-corrected chi connectivity index (χ1v) is 7.30. The first-order chi connectivity index (χ1) is 8.95. The average molecular weight is 330 g/mol. The minimum atomic E-state index is -0.569. The molecule has 0 spiro atoms. The second kappa shape index (κ2) is 6.04. The Balaban J connectivity index is 2.02. The largest absolute Gasteiger partial charge is 0.381 e. The summed E-state index contributed by atoms with van der Waals surface area (Å²) in [6.07, 6.45) is 4.44. The third-order valence-corrected chi connectivity index (χ3v) is 4.08. The quantitative estimate of drug-likeness (QED) is 0.758. The van der Waals surface area contributed by atoms with Gasteiger partial charge < -0.3 is 5.32 Å². The van der Waals surface area contributed by atoms with Crippen molar-refractivity contribution in [3.8, 4) is 0 Å². The van der Waals surface area contributed by atoms with Gasteiger partial charge in [-0.1, -0.05) is 18.6 Å². The summed E-state index contributed by atoms with van der Waals surface area (Å²) in [7, 11) is 0. The Morgan fingerprint density at radius 1 is 1.37 bits per heavy atom. The summed E-state index contributed by atoms with van der Waals surface area (Å²) in [4.78, 5) is 0. The third kappa shape index (κ3) is 3.78. The number of hydrogen-bond donors (Lipinski definition) is 1. The molecule has 0 saturated carbocycles. The number of allylic oxidation sites excluding steroid dienone is 2. The first-order valence-electron chi connectivity index (χ1n) is 6.51. The summed E-state index contributed by atoms with van der Waals surface area (Å²) in [5, 5.41) is 3.10. The molecule has 0 bridgehead atoms. The lowest BCUT2D eigenvalue weighted by Gasteiger charge is -2.26. The molecule has 0 fully saturated rings. The number of rotatable bonds is 3. The van der Waals surface area contributed by atoms with Crippen LogP contribution in [0, 0.1) is 23.5 Å². The monoisotopic (exact) mass is 329 g/mol. The molecule has 0 amide bonds. The van der Waals surface area contributed by atoms with Crippen molar-refractivity contribution >= 4 is 21.6 Å². The molecule has 4 heteroatoms. The molecule has 0 heterocycles. The average Bonchev–Trinajstić information content (AvgIpc) is 2.25. The smallest absolute Gasteiger partial charge is 0.150 e. The Morgan fingerprint density at radius 3 is 2.74 bits per heavy atom. The van der Waals surface area contributed by atoms with Gasteiger partial charge in [0, 0.05) is 17.1 Å². The van der Waals surface area contributed by atoms with Crippen LogP contribution in [0.5, 0.6) is 0 Å². The van der Waals surface area contributed by atoms with Gasteiger partial charge in [0.15, 0.2) is 0 Å². The Kier molecular flexibility index (Phi) is 4.61. The van der Waals surface area contributed by atoms with Crippen LogP contribution in [0.4, 0.5) is 14.5 Å². The molecular formula is C15H18BrF2N. The molecule has 19 heavy (non-hydrogen) atoms. The SMILES string of the molecule is CC1=CC(C)CC(CNc2c(F)cc(F)cc2Br)C1. The van der Waals surface area contributed by atoms with E-state index in [9.17, 15) is 8.78 Å². The number of hydrogen-bond acceptors (Lipinski definition) is 1. The minimum absolute atomic E-state index is 0.348. The second-order valence-electron chi connectivity index (χ2n) is 5.42. The predicted molar refractivity (Wildman–Crippen MR) is 78.2 cm³/mol. The predicted octanol–water partition coefficient (Wildman–Crippen LogP) is 5.13. The van der Waals surface area contributed by atoms with Gasteiger partial charge in [0.1, 0.15) is 11.6 Å². The molecule has 0 aliphatic heterocycles. The summed E-state index contributed by atoms with van der Waals surface area (Å²) in [6.45, 7) is 5.04. The maximum absolute atomic E-state index is 13.7. The summed E-state index contributed by atoms with van der Waals surface area (Å²) in [5.41, 5.74) is 1.74. The van der Waals surface area contributed by atoms with Crippen LogP contribution in [0.3, 0.4) is 0 Å². The Bertz CT molecular complexity index is 476. The molecule has 2 atom stereocenters. The van der Waals surface area contributed by atoms with E-state index in [2.05, 4.69) is 41.2 Å². The van der Waals surface area contributed by atoms with Gasteiger partial charge in [-0.05, 0) is 53.6 Å². The Hall–Kier alpha value is -0.900. The van der Waals surface area contributed by atoms with Gasteiger partial charge in [-0.15, -0.1) is 0 Å². The van der Waals surface area contributed by atoms with Crippen molar-refractivity contribution in [2.45, 2.75) is 26.7 Å². The van der Waals surface area contributed by atoms with Gasteiger partial charge in [0.2, 0.25) is 0 Å². The van der Waals surface area contributed by atoms with Crippen molar-refractivity contribution in [1.82, 2.24) is 0 Å². The maximum Gasteiger partial charge on any atom is 0.150 e. The van der Waals surface area contributed by atoms with Crippen molar-refractivity contribution < 1.29 is 8.78 Å². The zero-order valence-electron chi connectivity index (χ0n) is 11.1. The van der Waals surface area contributed by atoms with Crippen molar-refractivity contribution in [3.05, 3.63) is 39.9 Å². The van der Waals surface area contributed by atoms with Crippen molar-refractivity contribution in [2.24, 2.45) is 11.8 Å². The fourth-order valence-corrected chi connectivity index (χ4v) is 3.35. The molecule has 1 aliphatic carbocycles. The van der Waals surface area contributed by atoms with Crippen LogP contribution < -0.4 is 5.32 Å². The number of halogens is 3. The molecule has 104 valence electrons. The summed E-state index contributed by atoms with van der Waals surface area (Å²) in [6, 6.07) is 2.18. The molecule has 1 aromatic rings. The lowest BCUT2D eigenvalue weighted by molar-refractivity contribution is 0.420. The topological polar surface area (TPSA) is 12.0 Å². The molecule has 1 aromatic carbocycles. The van der Waals surface area contributed by atoms with E-state index >= 15 is 0 Å². The third-order valence-electron chi connectivity index (χ3n) is 3.46. The van der Waals surface area contributed by atoms with Crippen LogP contribution in [-0.4, -0.2) is 6.54 Å². The minimum Gasteiger partial charge on any atom is -0.381 e. The molecule has 1 aliphatic rings. The van der Waals surface area contributed by atoms with Gasteiger partial charge in [0.25, 0.3) is 0 Å². The Labute approximate surface area is 121 Å². The van der Waals surface area contributed by atoms with E-state index < -0.39 is 11.6 Å². The standard InChI is InChI=1S/C15H18BrF2N/c1-9-3-10(2)5-11(4-9)8-19-15-13(16)6-12(17)7-14(15)18/h3,6-7,9,11,19H,4-5,8H2,1-2H3. The maximum atomic E-state index is 13.7. The zero-order valence-corrected chi connectivity index (χ0v) is 12.7. The van der Waals surface area contributed by atoms with E-state index in [0.717, 1.165) is 18.9 Å². The number of nitrogens with one attached hydrogen (secondary N) is 1. The van der Waals surface area contributed by atoms with Crippen molar-refractivity contribution in [1.29, 1.82) is 0 Å². The van der Waals surface area contributed by atoms with Crippen LogP contribution in [0.1, 0.15) is 26.7 Å². The normalized spacial score (nSPS) is 23.1. The fraction of sp³-hybridized carbons (Fsp3) is 0.467. The highest BCUT2D eigenvalue weighted by molar-refractivity contribution is 9.10. The fourth-order valence-electron chi connectivity index (χ4n) is 2.80. The molecule has 1 N–H and O–H groups in total. The highest BCUT2D eigenvalue weighted by Gasteiger charge is 2.19. The van der Waals surface area contributed by atoms with Gasteiger partial charge >= 0.3 is 0 Å². The Morgan fingerprint density at radius 2 is 2.11 bits per heavy atom. The van der Waals surface area contributed by atoms with E-state index in [1.807, 2.05) is 0 Å². The van der Waals surface area contributed by atoms with Crippen molar-refractivity contribution in [2.75, 3.05) is 11.9 Å². The van der Waals surface area contributed by atoms with Gasteiger partial charge in [-0.3, -0.25) is 0 Å². The number of benzene rings is 1. The lowest BCUT2D eigenvalue weighted by Crippen LogP contribution is -2.20. The van der Waals surface area contributed by atoms with Gasteiger partial charge in [-0.2, -0.15) is 0 Å². The zero-order chi connectivity index (χ0) is 14.0. The van der Waals surface area contributed by atoms with Gasteiger partial charge in [-0.25, -0.2) is 8.78 Å². The number of anilines is 1. The van der Waals surface area contributed by atoms with E-state index in [-0.39, 0.29) is 0 Å². The van der Waals surface area contributed by atoms with Crippen LogP contribution >= 0.6 is 15.9 Å². The molecule has 0 radical (unpaired) electrons. The highest BCUT2D eigenvalue weighted by Crippen LogP contribution is 2.30. The van der Waals surface area contributed by atoms with E-state index in [0.29, 0.717) is 28.5 Å². The van der Waals surface area contributed by atoms with Crippen LogP contribution in [0.2, 0.25) is 0 Å². The second-order valence-corrected chi connectivity index (χ2v) is 6.28. The lowest BCUT2D eigenvalue weighted by atomic mass is 9.84. The van der Waals surface area contributed by atoms with E-state index in [1.54, 1.807) is 0 Å². The van der Waals surface area contributed by atoms with E-state index in [1.165, 1.54) is 11.6 Å². The first kappa shape index (κ1) is 14.5. The van der Waals surface area contributed by atoms with Crippen LogP contribution in [-0.2, 0) is 0 Å². The molecule has 1 nitrogen and oxygen atoms in total. The molecule has 0 saturated heterocycles. The summed E-state index contributed by atoms with van der Waals surface area (Å²) >= 11 is 3.19. The van der Waals surface area contributed by atoms with E-state index in [4.69, 9.17) is 0 Å². The van der Waals surface area contributed by atoms with Gasteiger partial charge in [0.05, 0.1) is 5.69 Å². The molecular weight excluding hydrogens is 312 g/mol. The van der Waals surface area contributed by atoms with Crippen LogP contribution in [0.15, 0.2) is 28.3 Å². The van der Waals surface area contributed by atoms with Crippen molar-refractivity contribution in [3.63, 3.8) is 0 Å². The molecule has 2 rings (SSSR count). The molecule has 0 aromatic heterocycles. The molecule has 2 unspecified atom stereocenters. The van der Waals surface area contributed by atoms with Crippen LogP contribution in [0.25, 0.3) is 0 Å². The summed E-state index contributed by atoms with van der Waals surface area (Å²) in [5.74, 6) is -0.0543. The highest BCUT2D eigenvalue weighted by atomic mass is 79.9.